The molecule has 74 valence electrons. The van der Waals surface area contributed by atoms with Crippen molar-refractivity contribution in [3.63, 3.8) is 0 Å². The third-order valence-electron chi connectivity index (χ3n) is 1.90. The molecule has 1 heterocycles. The van der Waals surface area contributed by atoms with E-state index in [2.05, 4.69) is 19.2 Å². The molecule has 4 heteroatoms. The largest absolute Gasteiger partial charge is 0.293 e. The standard InChI is InChI=1S/C9H14OS3/c1-6(2)9(10)8(11)3-7-4-12-5-13-7/h7-8,11H,1,3-5H2,2H3. The SMILES string of the molecule is C=C(C)C(=O)C(S)CC1CSCS1. The van der Waals surface area contributed by atoms with Crippen LogP contribution in [0, 0.1) is 0 Å². The van der Waals surface area contributed by atoms with Gasteiger partial charge in [0.2, 0.25) is 0 Å². The molecule has 0 aromatic carbocycles. The molecule has 1 aliphatic rings. The van der Waals surface area contributed by atoms with E-state index in [0.29, 0.717) is 10.8 Å². The van der Waals surface area contributed by atoms with Crippen molar-refractivity contribution in [2.45, 2.75) is 23.8 Å². The number of Topliss-reactive ketones (excluding diaryl/α,β-unsaturated/α-hetero) is 1. The summed E-state index contributed by atoms with van der Waals surface area (Å²) in [6.07, 6.45) is 0.881. The van der Waals surface area contributed by atoms with Crippen molar-refractivity contribution in [2.24, 2.45) is 0 Å². The Bertz CT molecular complexity index is 209. The van der Waals surface area contributed by atoms with Gasteiger partial charge in [-0.15, -0.1) is 23.5 Å². The quantitative estimate of drug-likeness (QED) is 0.595. The summed E-state index contributed by atoms with van der Waals surface area (Å²) in [5.74, 6) is 1.26. The molecule has 2 unspecified atom stereocenters. The van der Waals surface area contributed by atoms with Crippen molar-refractivity contribution in [2.75, 3.05) is 10.8 Å². The summed E-state index contributed by atoms with van der Waals surface area (Å²) in [4.78, 5) is 11.4. The van der Waals surface area contributed by atoms with E-state index in [1.165, 1.54) is 0 Å². The van der Waals surface area contributed by atoms with Gasteiger partial charge in [-0.3, -0.25) is 4.79 Å². The molecule has 1 fully saturated rings. The van der Waals surface area contributed by atoms with Gasteiger partial charge < -0.3 is 0 Å². The second kappa shape index (κ2) is 5.37. The molecule has 1 saturated heterocycles. The molecule has 0 bridgehead atoms. The minimum Gasteiger partial charge on any atom is -0.293 e. The number of thiol groups is 1. The molecule has 0 radical (unpaired) electrons. The maximum atomic E-state index is 11.4. The third kappa shape index (κ3) is 3.60. The molecular weight excluding hydrogens is 220 g/mol. The summed E-state index contributed by atoms with van der Waals surface area (Å²) in [5, 5.41) is 1.62. The first kappa shape index (κ1) is 11.5. The molecule has 1 nitrogen and oxygen atoms in total. The average Bonchev–Trinajstić information content (AvgIpc) is 2.55. The Morgan fingerprint density at radius 3 is 2.92 bits per heavy atom. The summed E-state index contributed by atoms with van der Waals surface area (Å²) < 4.78 is 0. The molecule has 0 saturated carbocycles. The summed E-state index contributed by atoms with van der Waals surface area (Å²) in [6.45, 7) is 5.39. The molecule has 0 aliphatic carbocycles. The summed E-state index contributed by atoms with van der Waals surface area (Å²) in [5.41, 5.74) is 0.621. The predicted octanol–water partition coefficient (Wildman–Crippen LogP) is 2.63. The van der Waals surface area contributed by atoms with Crippen LogP contribution in [0.15, 0.2) is 12.2 Å². The van der Waals surface area contributed by atoms with E-state index in [9.17, 15) is 4.79 Å². The predicted molar refractivity (Wildman–Crippen MR) is 65.9 cm³/mol. The van der Waals surface area contributed by atoms with E-state index in [1.54, 1.807) is 6.92 Å². The highest BCUT2D eigenvalue weighted by Gasteiger charge is 2.23. The molecule has 0 amide bonds. The monoisotopic (exact) mass is 234 g/mol. The van der Waals surface area contributed by atoms with Gasteiger partial charge in [0.05, 0.1) is 5.25 Å². The van der Waals surface area contributed by atoms with Crippen molar-refractivity contribution < 1.29 is 4.79 Å². The summed E-state index contributed by atoms with van der Waals surface area (Å²) in [7, 11) is 0. The van der Waals surface area contributed by atoms with Crippen LogP contribution < -0.4 is 0 Å². The first-order chi connectivity index (χ1) is 6.11. The van der Waals surface area contributed by atoms with E-state index in [-0.39, 0.29) is 11.0 Å². The zero-order chi connectivity index (χ0) is 9.84. The molecule has 0 aromatic heterocycles. The second-order valence-electron chi connectivity index (χ2n) is 3.17. The van der Waals surface area contributed by atoms with Crippen LogP contribution in [0.25, 0.3) is 0 Å². The van der Waals surface area contributed by atoms with Gasteiger partial charge in [0.1, 0.15) is 0 Å². The number of rotatable bonds is 4. The maximum absolute atomic E-state index is 11.4. The maximum Gasteiger partial charge on any atom is 0.170 e. The number of allylic oxidation sites excluding steroid dienone is 1. The van der Waals surface area contributed by atoms with Crippen molar-refractivity contribution in [3.8, 4) is 0 Å². The van der Waals surface area contributed by atoms with Crippen LogP contribution >= 0.6 is 36.2 Å². The Balaban J connectivity index is 2.35. The second-order valence-corrected chi connectivity index (χ2v) is 6.48. The average molecular weight is 234 g/mol. The van der Waals surface area contributed by atoms with E-state index in [0.717, 1.165) is 17.3 Å². The smallest absolute Gasteiger partial charge is 0.170 e. The van der Waals surface area contributed by atoms with E-state index in [4.69, 9.17) is 0 Å². The fourth-order valence-corrected chi connectivity index (χ4v) is 4.71. The van der Waals surface area contributed by atoms with Crippen LogP contribution in [-0.4, -0.2) is 27.1 Å². The molecular formula is C9H14OS3. The summed E-state index contributed by atoms with van der Waals surface area (Å²) >= 11 is 8.18. The number of carbonyl (C=O) groups is 1. The Kier molecular flexibility index (Phi) is 4.76. The minimum atomic E-state index is -0.145. The lowest BCUT2D eigenvalue weighted by atomic mass is 10.1. The van der Waals surface area contributed by atoms with Gasteiger partial charge in [0.25, 0.3) is 0 Å². The lowest BCUT2D eigenvalue weighted by Crippen LogP contribution is -2.20. The van der Waals surface area contributed by atoms with Crippen LogP contribution in [0.3, 0.4) is 0 Å². The highest BCUT2D eigenvalue weighted by Crippen LogP contribution is 2.33. The lowest BCUT2D eigenvalue weighted by molar-refractivity contribution is -0.115. The number of thioether (sulfide) groups is 2. The minimum absolute atomic E-state index is 0.0980. The van der Waals surface area contributed by atoms with E-state index >= 15 is 0 Å². The van der Waals surface area contributed by atoms with Crippen molar-refractivity contribution >= 4 is 41.9 Å². The van der Waals surface area contributed by atoms with E-state index < -0.39 is 0 Å². The van der Waals surface area contributed by atoms with Crippen LogP contribution in [0.2, 0.25) is 0 Å². The van der Waals surface area contributed by atoms with Gasteiger partial charge in [-0.05, 0) is 18.9 Å². The Hall–Kier alpha value is 0.460. The van der Waals surface area contributed by atoms with Gasteiger partial charge in [0.15, 0.2) is 5.78 Å². The van der Waals surface area contributed by atoms with Gasteiger partial charge in [-0.2, -0.15) is 12.6 Å². The van der Waals surface area contributed by atoms with Crippen LogP contribution in [0.4, 0.5) is 0 Å². The van der Waals surface area contributed by atoms with Crippen molar-refractivity contribution in [1.29, 1.82) is 0 Å². The topological polar surface area (TPSA) is 17.1 Å². The third-order valence-corrected chi connectivity index (χ3v) is 5.24. The molecule has 1 rings (SSSR count). The van der Waals surface area contributed by atoms with Crippen LogP contribution in [-0.2, 0) is 4.79 Å². The molecule has 13 heavy (non-hydrogen) atoms. The van der Waals surface area contributed by atoms with Crippen molar-refractivity contribution in [1.82, 2.24) is 0 Å². The van der Waals surface area contributed by atoms with E-state index in [1.807, 2.05) is 23.5 Å². The Labute approximate surface area is 93.5 Å². The molecule has 0 spiro atoms. The molecule has 0 aromatic rings. The highest BCUT2D eigenvalue weighted by molar-refractivity contribution is 8.19. The number of ketones is 1. The Morgan fingerprint density at radius 2 is 2.46 bits per heavy atom. The fraction of sp³-hybridized carbons (Fsp3) is 0.667. The first-order valence-corrected chi connectivity index (χ1v) is 6.90. The number of hydrogen-bond acceptors (Lipinski definition) is 4. The van der Waals surface area contributed by atoms with Crippen LogP contribution in [0.1, 0.15) is 13.3 Å². The summed E-state index contributed by atoms with van der Waals surface area (Å²) in [6, 6.07) is 0. The van der Waals surface area contributed by atoms with Gasteiger partial charge in [-0.1, -0.05) is 6.58 Å². The highest BCUT2D eigenvalue weighted by atomic mass is 32.2. The molecule has 2 atom stereocenters. The number of hydrogen-bond donors (Lipinski definition) is 1. The number of carbonyl (C=O) groups excluding carboxylic acids is 1. The molecule has 0 N–H and O–H groups in total. The zero-order valence-corrected chi connectivity index (χ0v) is 10.2. The Morgan fingerprint density at radius 1 is 1.77 bits per heavy atom. The van der Waals surface area contributed by atoms with Crippen LogP contribution in [0.5, 0.6) is 0 Å². The normalized spacial score (nSPS) is 24.3. The fourth-order valence-electron chi connectivity index (χ4n) is 1.15. The van der Waals surface area contributed by atoms with Gasteiger partial charge >= 0.3 is 0 Å². The van der Waals surface area contributed by atoms with Gasteiger partial charge in [-0.25, -0.2) is 0 Å². The van der Waals surface area contributed by atoms with Gasteiger partial charge in [0, 0.05) is 16.1 Å². The first-order valence-electron chi connectivity index (χ1n) is 4.18. The lowest BCUT2D eigenvalue weighted by Gasteiger charge is -2.13. The zero-order valence-electron chi connectivity index (χ0n) is 7.66. The molecule has 1 aliphatic heterocycles. The van der Waals surface area contributed by atoms with Crippen molar-refractivity contribution in [3.05, 3.63) is 12.2 Å².